The van der Waals surface area contributed by atoms with E-state index in [1.165, 1.54) is 0 Å². The second kappa shape index (κ2) is 5.03. The standard InChI is InChI=1S/C15H14ClN3/c16-12-5-3-4-11(10-12)15-18-13-6-1-2-7-14(13)19(15)9-8-17/h1-7,10H,8-9,17H2. The van der Waals surface area contributed by atoms with E-state index in [1.54, 1.807) is 0 Å². The molecule has 0 bridgehead atoms. The molecule has 2 N–H and O–H groups in total. The molecule has 0 saturated heterocycles. The lowest BCUT2D eigenvalue weighted by Gasteiger charge is -2.07. The van der Waals surface area contributed by atoms with E-state index in [9.17, 15) is 0 Å². The second-order valence-electron chi connectivity index (χ2n) is 4.37. The van der Waals surface area contributed by atoms with Crippen molar-refractivity contribution in [1.29, 1.82) is 0 Å². The molecule has 3 nitrogen and oxygen atoms in total. The monoisotopic (exact) mass is 271 g/mol. The lowest BCUT2D eigenvalue weighted by molar-refractivity contribution is 0.735. The number of aromatic nitrogens is 2. The van der Waals surface area contributed by atoms with Crippen LogP contribution in [0.1, 0.15) is 0 Å². The van der Waals surface area contributed by atoms with Crippen LogP contribution in [0.5, 0.6) is 0 Å². The summed E-state index contributed by atoms with van der Waals surface area (Å²) in [6, 6.07) is 15.8. The van der Waals surface area contributed by atoms with Gasteiger partial charge in [-0.25, -0.2) is 4.98 Å². The molecule has 0 radical (unpaired) electrons. The zero-order chi connectivity index (χ0) is 13.2. The van der Waals surface area contributed by atoms with Gasteiger partial charge in [0.2, 0.25) is 0 Å². The van der Waals surface area contributed by atoms with Crippen molar-refractivity contribution in [3.63, 3.8) is 0 Å². The molecule has 2 aromatic carbocycles. The Morgan fingerprint density at radius 1 is 1.11 bits per heavy atom. The van der Waals surface area contributed by atoms with E-state index in [2.05, 4.69) is 10.6 Å². The molecule has 0 spiro atoms. The molecule has 0 fully saturated rings. The van der Waals surface area contributed by atoms with Crippen LogP contribution in [0, 0.1) is 0 Å². The van der Waals surface area contributed by atoms with Crippen LogP contribution in [0.15, 0.2) is 48.5 Å². The highest BCUT2D eigenvalue weighted by Gasteiger charge is 2.11. The van der Waals surface area contributed by atoms with Crippen molar-refractivity contribution in [2.45, 2.75) is 6.54 Å². The predicted molar refractivity (Wildman–Crippen MR) is 79.2 cm³/mol. The van der Waals surface area contributed by atoms with Crippen LogP contribution in [0.2, 0.25) is 5.02 Å². The van der Waals surface area contributed by atoms with Crippen molar-refractivity contribution >= 4 is 22.6 Å². The summed E-state index contributed by atoms with van der Waals surface area (Å²) in [5.41, 5.74) is 8.80. The van der Waals surface area contributed by atoms with Crippen LogP contribution in [-0.2, 0) is 6.54 Å². The normalized spacial score (nSPS) is 11.1. The van der Waals surface area contributed by atoms with Crippen molar-refractivity contribution < 1.29 is 0 Å². The van der Waals surface area contributed by atoms with Crippen LogP contribution in [0.4, 0.5) is 0 Å². The van der Waals surface area contributed by atoms with Gasteiger partial charge in [-0.3, -0.25) is 0 Å². The highest BCUT2D eigenvalue weighted by Crippen LogP contribution is 2.26. The molecule has 0 aliphatic rings. The maximum absolute atomic E-state index is 6.06. The zero-order valence-corrected chi connectivity index (χ0v) is 11.1. The van der Waals surface area contributed by atoms with Crippen LogP contribution in [0.3, 0.4) is 0 Å². The van der Waals surface area contributed by atoms with E-state index in [-0.39, 0.29) is 0 Å². The fraction of sp³-hybridized carbons (Fsp3) is 0.133. The smallest absolute Gasteiger partial charge is 0.141 e. The Morgan fingerprint density at radius 3 is 2.74 bits per heavy atom. The number of halogens is 1. The minimum atomic E-state index is 0.577. The lowest BCUT2D eigenvalue weighted by atomic mass is 10.2. The number of hydrogen-bond donors (Lipinski definition) is 1. The van der Waals surface area contributed by atoms with Crippen molar-refractivity contribution in [1.82, 2.24) is 9.55 Å². The first kappa shape index (κ1) is 12.2. The molecule has 0 saturated carbocycles. The van der Waals surface area contributed by atoms with Gasteiger partial charge in [-0.15, -0.1) is 0 Å². The van der Waals surface area contributed by atoms with Gasteiger partial charge < -0.3 is 10.3 Å². The van der Waals surface area contributed by atoms with E-state index in [1.807, 2.05) is 42.5 Å². The maximum atomic E-state index is 6.06. The van der Waals surface area contributed by atoms with Crippen molar-refractivity contribution in [2.75, 3.05) is 6.54 Å². The Balaban J connectivity index is 2.25. The van der Waals surface area contributed by atoms with Crippen molar-refractivity contribution in [3.8, 4) is 11.4 Å². The van der Waals surface area contributed by atoms with Gasteiger partial charge in [0.05, 0.1) is 11.0 Å². The minimum Gasteiger partial charge on any atom is -0.329 e. The molecule has 96 valence electrons. The first-order chi connectivity index (χ1) is 9.29. The van der Waals surface area contributed by atoms with E-state index in [4.69, 9.17) is 22.3 Å². The number of nitrogens with two attached hydrogens (primary N) is 1. The van der Waals surface area contributed by atoms with Crippen molar-refractivity contribution in [2.24, 2.45) is 5.73 Å². The van der Waals surface area contributed by atoms with E-state index in [0.29, 0.717) is 11.6 Å². The van der Waals surface area contributed by atoms with Gasteiger partial charge in [0, 0.05) is 23.7 Å². The number of rotatable bonds is 3. The summed E-state index contributed by atoms with van der Waals surface area (Å²) in [6.07, 6.45) is 0. The fourth-order valence-electron chi connectivity index (χ4n) is 2.28. The SMILES string of the molecule is NCCn1c(-c2cccc(Cl)c2)nc2ccccc21. The fourth-order valence-corrected chi connectivity index (χ4v) is 2.47. The molecule has 0 aliphatic carbocycles. The van der Waals surface area contributed by atoms with Gasteiger partial charge in [-0.1, -0.05) is 35.9 Å². The van der Waals surface area contributed by atoms with Gasteiger partial charge in [-0.05, 0) is 24.3 Å². The van der Waals surface area contributed by atoms with E-state index >= 15 is 0 Å². The zero-order valence-electron chi connectivity index (χ0n) is 10.4. The number of imidazole rings is 1. The number of benzene rings is 2. The Kier molecular flexibility index (Phi) is 3.23. The molecule has 1 aromatic heterocycles. The lowest BCUT2D eigenvalue weighted by Crippen LogP contribution is -2.10. The van der Waals surface area contributed by atoms with Gasteiger partial charge >= 0.3 is 0 Å². The molecule has 0 amide bonds. The summed E-state index contributed by atoms with van der Waals surface area (Å²) >= 11 is 6.06. The number of fused-ring (bicyclic) bond motifs is 1. The van der Waals surface area contributed by atoms with Crippen LogP contribution in [0.25, 0.3) is 22.4 Å². The third kappa shape index (κ3) is 2.23. The average Bonchev–Trinajstić information content (AvgIpc) is 2.79. The quantitative estimate of drug-likeness (QED) is 0.794. The molecule has 0 aliphatic heterocycles. The molecule has 3 rings (SSSR count). The van der Waals surface area contributed by atoms with Crippen molar-refractivity contribution in [3.05, 3.63) is 53.6 Å². The first-order valence-corrected chi connectivity index (χ1v) is 6.58. The second-order valence-corrected chi connectivity index (χ2v) is 4.81. The Bertz CT molecular complexity index is 718. The molecule has 3 aromatic rings. The molecule has 19 heavy (non-hydrogen) atoms. The summed E-state index contributed by atoms with van der Waals surface area (Å²) in [7, 11) is 0. The van der Waals surface area contributed by atoms with Crippen LogP contribution >= 0.6 is 11.6 Å². The summed E-state index contributed by atoms with van der Waals surface area (Å²) in [5.74, 6) is 0.911. The predicted octanol–water partition coefficient (Wildman–Crippen LogP) is 3.32. The highest BCUT2D eigenvalue weighted by atomic mass is 35.5. The maximum Gasteiger partial charge on any atom is 0.141 e. The van der Waals surface area contributed by atoms with Gasteiger partial charge in [-0.2, -0.15) is 0 Å². The summed E-state index contributed by atoms with van der Waals surface area (Å²) in [4.78, 5) is 4.69. The molecule has 0 unspecified atom stereocenters. The third-order valence-electron chi connectivity index (χ3n) is 3.09. The number of nitrogens with zero attached hydrogens (tertiary/aromatic N) is 2. The third-order valence-corrected chi connectivity index (χ3v) is 3.33. The average molecular weight is 272 g/mol. The van der Waals surface area contributed by atoms with Gasteiger partial charge in [0.1, 0.15) is 5.82 Å². The Labute approximate surface area is 116 Å². The Morgan fingerprint density at radius 2 is 1.95 bits per heavy atom. The molecular formula is C15H14ClN3. The van der Waals surface area contributed by atoms with E-state index in [0.717, 1.165) is 29.0 Å². The number of para-hydroxylation sites is 2. The molecular weight excluding hydrogens is 258 g/mol. The summed E-state index contributed by atoms with van der Waals surface area (Å²) in [5, 5.41) is 0.712. The van der Waals surface area contributed by atoms with Gasteiger partial charge in [0.25, 0.3) is 0 Å². The van der Waals surface area contributed by atoms with Gasteiger partial charge in [0.15, 0.2) is 0 Å². The first-order valence-electron chi connectivity index (χ1n) is 6.21. The summed E-state index contributed by atoms with van der Waals surface area (Å²) in [6.45, 7) is 1.32. The molecule has 0 atom stereocenters. The number of hydrogen-bond acceptors (Lipinski definition) is 2. The molecule has 1 heterocycles. The van der Waals surface area contributed by atoms with E-state index < -0.39 is 0 Å². The highest BCUT2D eigenvalue weighted by molar-refractivity contribution is 6.30. The topological polar surface area (TPSA) is 43.8 Å². The summed E-state index contributed by atoms with van der Waals surface area (Å²) < 4.78 is 2.14. The molecule has 4 heteroatoms. The Hall–Kier alpha value is -1.84. The largest absolute Gasteiger partial charge is 0.329 e. The minimum absolute atomic E-state index is 0.577. The van der Waals surface area contributed by atoms with Crippen LogP contribution in [-0.4, -0.2) is 16.1 Å². The van der Waals surface area contributed by atoms with Crippen LogP contribution < -0.4 is 5.73 Å².